The van der Waals surface area contributed by atoms with Gasteiger partial charge in [0.2, 0.25) is 11.8 Å². The van der Waals surface area contributed by atoms with E-state index >= 15 is 0 Å². The maximum Gasteiger partial charge on any atom is 0.243 e. The van der Waals surface area contributed by atoms with E-state index in [1.165, 1.54) is 0 Å². The van der Waals surface area contributed by atoms with Gasteiger partial charge in [-0.25, -0.2) is 10.4 Å². The lowest BCUT2D eigenvalue weighted by atomic mass is 10.1. The van der Waals surface area contributed by atoms with Crippen LogP contribution in [-0.4, -0.2) is 59.0 Å². The summed E-state index contributed by atoms with van der Waals surface area (Å²) in [5.74, 6) is 0.565. The standard InChI is InChI=1S/C20H34N4O2/c1-20(2,3)22-23-11-7-5-4-6-9-15-13-16(15)21-19(26)17-10-8-12-24(17)18(25)14-23/h6,9,15-17,22H,4-5,7-8,10-14H2,1-3H3,(H,21,26)/b9-6-/t15-,16?,17?/m1/s1. The number of fused-ring (bicyclic) bond motifs is 2. The second-order valence-electron chi connectivity index (χ2n) is 8.97. The largest absolute Gasteiger partial charge is 0.351 e. The molecule has 6 nitrogen and oxygen atoms in total. The fourth-order valence-corrected chi connectivity index (χ4v) is 3.95. The summed E-state index contributed by atoms with van der Waals surface area (Å²) in [6.45, 7) is 8.17. The SMILES string of the molecule is CC(C)(C)NN1CCCC/C=C\[C@@H]2CC2NC(=O)C2CCCN2C(=O)C1. The van der Waals surface area contributed by atoms with Crippen LogP contribution in [0.2, 0.25) is 0 Å². The molecule has 2 N–H and O–H groups in total. The molecule has 0 bridgehead atoms. The number of carbonyl (C=O) groups is 2. The molecule has 1 saturated carbocycles. The molecule has 0 aromatic heterocycles. The van der Waals surface area contributed by atoms with Crippen LogP contribution in [0, 0.1) is 5.92 Å². The Morgan fingerprint density at radius 2 is 1.96 bits per heavy atom. The van der Waals surface area contributed by atoms with Gasteiger partial charge < -0.3 is 10.2 Å². The molecule has 3 rings (SSSR count). The molecule has 2 heterocycles. The Kier molecular flexibility index (Phi) is 6.03. The number of carbonyl (C=O) groups excluding carboxylic acids is 2. The predicted octanol–water partition coefficient (Wildman–Crippen LogP) is 1.83. The van der Waals surface area contributed by atoms with Gasteiger partial charge in [0.05, 0.1) is 6.54 Å². The summed E-state index contributed by atoms with van der Waals surface area (Å²) in [5.41, 5.74) is 3.36. The number of nitrogens with one attached hydrogen (secondary N) is 2. The maximum atomic E-state index is 12.9. The number of rotatable bonds is 1. The first-order valence-electron chi connectivity index (χ1n) is 10.1. The quantitative estimate of drug-likeness (QED) is 0.699. The van der Waals surface area contributed by atoms with E-state index in [4.69, 9.17) is 0 Å². The smallest absolute Gasteiger partial charge is 0.243 e. The molecule has 6 heteroatoms. The lowest BCUT2D eigenvalue weighted by Crippen LogP contribution is -2.55. The van der Waals surface area contributed by atoms with E-state index in [-0.39, 0.29) is 29.4 Å². The molecular weight excluding hydrogens is 328 g/mol. The molecule has 2 unspecified atom stereocenters. The summed E-state index contributed by atoms with van der Waals surface area (Å²) in [6, 6.07) is -0.0326. The van der Waals surface area contributed by atoms with Crippen LogP contribution in [0.5, 0.6) is 0 Å². The minimum absolute atomic E-state index is 0.0296. The summed E-state index contributed by atoms with van der Waals surface area (Å²) < 4.78 is 0. The van der Waals surface area contributed by atoms with Crippen molar-refractivity contribution in [1.82, 2.24) is 20.7 Å². The first-order valence-corrected chi connectivity index (χ1v) is 10.1. The van der Waals surface area contributed by atoms with Crippen molar-refractivity contribution in [2.24, 2.45) is 5.92 Å². The lowest BCUT2D eigenvalue weighted by molar-refractivity contribution is -0.140. The molecule has 0 aromatic carbocycles. The van der Waals surface area contributed by atoms with Crippen LogP contribution < -0.4 is 10.7 Å². The van der Waals surface area contributed by atoms with Crippen molar-refractivity contribution in [3.63, 3.8) is 0 Å². The van der Waals surface area contributed by atoms with Gasteiger partial charge in [-0.05, 0) is 65.2 Å². The van der Waals surface area contributed by atoms with Crippen LogP contribution in [0.4, 0.5) is 0 Å². The Balaban J connectivity index is 1.71. The fourth-order valence-electron chi connectivity index (χ4n) is 3.95. The second-order valence-corrected chi connectivity index (χ2v) is 8.97. The summed E-state index contributed by atoms with van der Waals surface area (Å²) in [7, 11) is 0. The van der Waals surface area contributed by atoms with E-state index in [0.717, 1.165) is 45.1 Å². The van der Waals surface area contributed by atoms with Gasteiger partial charge in [0.1, 0.15) is 6.04 Å². The first kappa shape index (κ1) is 19.4. The molecule has 0 aromatic rings. The van der Waals surface area contributed by atoms with Crippen molar-refractivity contribution >= 4 is 11.8 Å². The average Bonchev–Trinajstić information content (AvgIpc) is 3.07. The third kappa shape index (κ3) is 5.30. The van der Waals surface area contributed by atoms with Crippen LogP contribution in [0.1, 0.15) is 59.3 Å². The molecule has 146 valence electrons. The van der Waals surface area contributed by atoms with Crippen molar-refractivity contribution in [3.8, 4) is 0 Å². The number of hydrogen-bond donors (Lipinski definition) is 2. The van der Waals surface area contributed by atoms with Crippen molar-refractivity contribution in [3.05, 3.63) is 12.2 Å². The highest BCUT2D eigenvalue weighted by molar-refractivity contribution is 5.89. The summed E-state index contributed by atoms with van der Waals surface area (Å²) in [5, 5.41) is 5.19. The molecule has 2 amide bonds. The lowest BCUT2D eigenvalue weighted by Gasteiger charge is -2.33. The Hall–Kier alpha value is -1.40. The minimum atomic E-state index is -0.297. The van der Waals surface area contributed by atoms with E-state index in [1.54, 1.807) is 4.90 Å². The zero-order valence-electron chi connectivity index (χ0n) is 16.5. The van der Waals surface area contributed by atoms with Gasteiger partial charge in [0.25, 0.3) is 0 Å². The number of amides is 2. The van der Waals surface area contributed by atoms with Gasteiger partial charge in [-0.15, -0.1) is 0 Å². The minimum Gasteiger partial charge on any atom is -0.351 e. The monoisotopic (exact) mass is 362 g/mol. The summed E-state index contributed by atoms with van der Waals surface area (Å²) >= 11 is 0. The van der Waals surface area contributed by atoms with Gasteiger partial charge in [0.15, 0.2) is 0 Å². The van der Waals surface area contributed by atoms with Gasteiger partial charge >= 0.3 is 0 Å². The van der Waals surface area contributed by atoms with E-state index in [1.807, 2.05) is 5.01 Å². The molecule has 26 heavy (non-hydrogen) atoms. The highest BCUT2D eigenvalue weighted by atomic mass is 16.2. The normalized spacial score (nSPS) is 32.9. The third-order valence-electron chi connectivity index (χ3n) is 5.29. The molecular formula is C20H34N4O2. The first-order chi connectivity index (χ1) is 12.3. The van der Waals surface area contributed by atoms with E-state index in [9.17, 15) is 9.59 Å². The average molecular weight is 363 g/mol. The Morgan fingerprint density at radius 1 is 1.15 bits per heavy atom. The second kappa shape index (κ2) is 8.09. The number of nitrogens with zero attached hydrogens (tertiary/aromatic N) is 2. The van der Waals surface area contributed by atoms with Crippen LogP contribution >= 0.6 is 0 Å². The van der Waals surface area contributed by atoms with Crippen molar-refractivity contribution < 1.29 is 9.59 Å². The van der Waals surface area contributed by atoms with E-state index in [2.05, 4.69) is 43.7 Å². The van der Waals surface area contributed by atoms with Crippen LogP contribution in [-0.2, 0) is 9.59 Å². The Bertz CT molecular complexity index is 555. The van der Waals surface area contributed by atoms with Crippen molar-refractivity contribution in [2.75, 3.05) is 19.6 Å². The Morgan fingerprint density at radius 3 is 2.73 bits per heavy atom. The molecule has 1 saturated heterocycles. The van der Waals surface area contributed by atoms with Crippen LogP contribution in [0.3, 0.4) is 0 Å². The molecule has 0 radical (unpaired) electrons. The fraction of sp³-hybridized carbons (Fsp3) is 0.800. The highest BCUT2D eigenvalue weighted by Gasteiger charge is 2.40. The van der Waals surface area contributed by atoms with Gasteiger partial charge in [-0.2, -0.15) is 0 Å². The molecule has 1 aliphatic carbocycles. The molecule has 3 atom stereocenters. The van der Waals surface area contributed by atoms with Crippen LogP contribution in [0.25, 0.3) is 0 Å². The number of allylic oxidation sites excluding steroid dienone is 1. The zero-order chi connectivity index (χ0) is 18.7. The predicted molar refractivity (Wildman–Crippen MR) is 102 cm³/mol. The van der Waals surface area contributed by atoms with Gasteiger partial charge in [0, 0.05) is 24.7 Å². The van der Waals surface area contributed by atoms with Gasteiger partial charge in [-0.3, -0.25) is 9.59 Å². The highest BCUT2D eigenvalue weighted by Crippen LogP contribution is 2.32. The topological polar surface area (TPSA) is 64.7 Å². The van der Waals surface area contributed by atoms with Gasteiger partial charge in [-0.1, -0.05) is 12.2 Å². The third-order valence-corrected chi connectivity index (χ3v) is 5.29. The van der Waals surface area contributed by atoms with Crippen molar-refractivity contribution in [1.29, 1.82) is 0 Å². The molecule has 2 fully saturated rings. The number of hydrogen-bond acceptors (Lipinski definition) is 4. The molecule has 3 aliphatic rings. The van der Waals surface area contributed by atoms with E-state index < -0.39 is 0 Å². The summed E-state index contributed by atoms with van der Waals surface area (Å²) in [6.07, 6.45) is 10.5. The number of hydrazine groups is 1. The zero-order valence-corrected chi connectivity index (χ0v) is 16.5. The maximum absolute atomic E-state index is 12.9. The summed E-state index contributed by atoms with van der Waals surface area (Å²) in [4.78, 5) is 27.4. The van der Waals surface area contributed by atoms with Crippen molar-refractivity contribution in [2.45, 2.75) is 76.9 Å². The molecule has 0 spiro atoms. The van der Waals surface area contributed by atoms with E-state index in [0.29, 0.717) is 19.0 Å². The Labute approximate surface area is 157 Å². The van der Waals surface area contributed by atoms with Crippen LogP contribution in [0.15, 0.2) is 12.2 Å². The molecule has 2 aliphatic heterocycles.